The largest absolute Gasteiger partial charge is 0.334 e. The molecule has 0 spiro atoms. The van der Waals surface area contributed by atoms with Crippen molar-refractivity contribution in [2.24, 2.45) is 0 Å². The van der Waals surface area contributed by atoms with E-state index in [4.69, 9.17) is 11.6 Å². The molecular formula is C15H13ClN2O. The van der Waals surface area contributed by atoms with Crippen molar-refractivity contribution in [1.82, 2.24) is 9.88 Å². The van der Waals surface area contributed by atoms with E-state index in [1.54, 1.807) is 12.4 Å². The minimum atomic E-state index is 0.0785. The molecule has 0 saturated carbocycles. The monoisotopic (exact) mass is 272 g/mol. The van der Waals surface area contributed by atoms with Gasteiger partial charge in [0.05, 0.1) is 5.02 Å². The summed E-state index contributed by atoms with van der Waals surface area (Å²) in [5.41, 5.74) is 2.87. The first-order valence-electron chi connectivity index (χ1n) is 6.21. The minimum absolute atomic E-state index is 0.0785. The van der Waals surface area contributed by atoms with Gasteiger partial charge in [0.25, 0.3) is 5.91 Å². The Hall–Kier alpha value is -1.87. The predicted molar refractivity (Wildman–Crippen MR) is 74.1 cm³/mol. The molecule has 1 aliphatic rings. The second kappa shape index (κ2) is 5.02. The van der Waals surface area contributed by atoms with Crippen LogP contribution >= 0.6 is 11.6 Å². The third-order valence-corrected chi connectivity index (χ3v) is 3.74. The van der Waals surface area contributed by atoms with Gasteiger partial charge in [-0.05, 0) is 29.7 Å². The van der Waals surface area contributed by atoms with Crippen LogP contribution in [-0.2, 0) is 13.0 Å². The highest BCUT2D eigenvalue weighted by atomic mass is 35.5. The minimum Gasteiger partial charge on any atom is -0.334 e. The molecule has 0 atom stereocenters. The Balaban J connectivity index is 1.85. The maximum absolute atomic E-state index is 12.4. The summed E-state index contributed by atoms with van der Waals surface area (Å²) in [6, 6.07) is 9.64. The number of fused-ring (bicyclic) bond motifs is 1. The number of hydrogen-bond donors (Lipinski definition) is 0. The van der Waals surface area contributed by atoms with Crippen LogP contribution in [0.25, 0.3) is 0 Å². The highest BCUT2D eigenvalue weighted by Crippen LogP contribution is 2.22. The number of hydrogen-bond acceptors (Lipinski definition) is 2. The number of carbonyl (C=O) groups is 1. The van der Waals surface area contributed by atoms with Crippen molar-refractivity contribution >= 4 is 17.5 Å². The molecular weight excluding hydrogens is 260 g/mol. The number of pyridine rings is 1. The molecule has 4 heteroatoms. The van der Waals surface area contributed by atoms with E-state index in [0.717, 1.165) is 29.7 Å². The van der Waals surface area contributed by atoms with Gasteiger partial charge in [-0.15, -0.1) is 0 Å². The van der Waals surface area contributed by atoms with E-state index in [1.165, 1.54) is 0 Å². The maximum Gasteiger partial charge on any atom is 0.254 e. The molecule has 0 bridgehead atoms. The molecule has 0 unspecified atom stereocenters. The summed E-state index contributed by atoms with van der Waals surface area (Å²) >= 11 is 6.09. The molecule has 19 heavy (non-hydrogen) atoms. The topological polar surface area (TPSA) is 33.2 Å². The van der Waals surface area contributed by atoms with Crippen LogP contribution in [0.1, 0.15) is 21.5 Å². The smallest absolute Gasteiger partial charge is 0.254 e. The van der Waals surface area contributed by atoms with Crippen LogP contribution in [0, 0.1) is 0 Å². The summed E-state index contributed by atoms with van der Waals surface area (Å²) in [6.45, 7) is 1.27. The van der Waals surface area contributed by atoms with Gasteiger partial charge in [0.15, 0.2) is 0 Å². The standard InChI is InChI=1S/C15H13ClN2O/c16-14-9-17-7-5-12(14)10-18-8-6-11-3-1-2-4-13(11)15(18)19/h1-5,7,9H,6,8,10H2. The summed E-state index contributed by atoms with van der Waals surface area (Å²) < 4.78 is 0. The number of nitrogens with zero attached hydrogens (tertiary/aromatic N) is 2. The number of halogens is 1. The quantitative estimate of drug-likeness (QED) is 0.842. The van der Waals surface area contributed by atoms with Crippen molar-refractivity contribution in [3.63, 3.8) is 0 Å². The van der Waals surface area contributed by atoms with Crippen molar-refractivity contribution in [2.75, 3.05) is 6.54 Å². The van der Waals surface area contributed by atoms with E-state index in [0.29, 0.717) is 11.6 Å². The first kappa shape index (κ1) is 12.2. The van der Waals surface area contributed by atoms with Gasteiger partial charge in [0.1, 0.15) is 0 Å². The Kier molecular flexibility index (Phi) is 3.22. The third-order valence-electron chi connectivity index (χ3n) is 3.40. The average molecular weight is 273 g/mol. The van der Waals surface area contributed by atoms with Gasteiger partial charge in [-0.25, -0.2) is 0 Å². The van der Waals surface area contributed by atoms with Gasteiger partial charge in [0.2, 0.25) is 0 Å². The van der Waals surface area contributed by atoms with E-state index in [1.807, 2.05) is 35.2 Å². The van der Waals surface area contributed by atoms with Crippen molar-refractivity contribution in [3.8, 4) is 0 Å². The molecule has 0 aliphatic carbocycles. The Labute approximate surface area is 116 Å². The first-order valence-corrected chi connectivity index (χ1v) is 6.59. The highest BCUT2D eigenvalue weighted by molar-refractivity contribution is 6.31. The maximum atomic E-state index is 12.4. The molecule has 3 nitrogen and oxygen atoms in total. The molecule has 0 radical (unpaired) electrons. The lowest BCUT2D eigenvalue weighted by Crippen LogP contribution is -2.37. The molecule has 1 aromatic heterocycles. The summed E-state index contributed by atoms with van der Waals surface area (Å²) in [4.78, 5) is 18.2. The van der Waals surface area contributed by atoms with E-state index in [9.17, 15) is 4.79 Å². The van der Waals surface area contributed by atoms with Gasteiger partial charge in [0, 0.05) is 31.0 Å². The molecule has 1 aliphatic heterocycles. The van der Waals surface area contributed by atoms with E-state index < -0.39 is 0 Å². The van der Waals surface area contributed by atoms with Crippen LogP contribution in [0.15, 0.2) is 42.7 Å². The zero-order valence-corrected chi connectivity index (χ0v) is 11.1. The average Bonchev–Trinajstić information content (AvgIpc) is 2.44. The first-order chi connectivity index (χ1) is 9.25. The van der Waals surface area contributed by atoms with Crippen LogP contribution in [-0.4, -0.2) is 22.3 Å². The second-order valence-electron chi connectivity index (χ2n) is 4.60. The van der Waals surface area contributed by atoms with Crippen LogP contribution in [0.3, 0.4) is 0 Å². The van der Waals surface area contributed by atoms with Gasteiger partial charge >= 0.3 is 0 Å². The van der Waals surface area contributed by atoms with Crippen molar-refractivity contribution in [1.29, 1.82) is 0 Å². The predicted octanol–water partition coefficient (Wildman–Crippen LogP) is 2.93. The number of amides is 1. The summed E-state index contributed by atoms with van der Waals surface area (Å²) in [7, 11) is 0. The molecule has 2 heterocycles. The Morgan fingerprint density at radius 3 is 2.95 bits per heavy atom. The van der Waals surface area contributed by atoms with Crippen LogP contribution in [0.5, 0.6) is 0 Å². The van der Waals surface area contributed by atoms with E-state index in [-0.39, 0.29) is 5.91 Å². The van der Waals surface area contributed by atoms with Gasteiger partial charge in [-0.1, -0.05) is 29.8 Å². The molecule has 0 fully saturated rings. The van der Waals surface area contributed by atoms with Gasteiger partial charge < -0.3 is 4.90 Å². The fraction of sp³-hybridized carbons (Fsp3) is 0.200. The fourth-order valence-electron chi connectivity index (χ4n) is 2.36. The van der Waals surface area contributed by atoms with E-state index >= 15 is 0 Å². The Bertz CT molecular complexity index is 627. The number of benzene rings is 1. The summed E-state index contributed by atoms with van der Waals surface area (Å²) in [5.74, 6) is 0.0785. The lowest BCUT2D eigenvalue weighted by atomic mass is 9.99. The Morgan fingerprint density at radius 2 is 2.11 bits per heavy atom. The van der Waals surface area contributed by atoms with Gasteiger partial charge in [-0.3, -0.25) is 9.78 Å². The lowest BCUT2D eigenvalue weighted by molar-refractivity contribution is 0.0727. The summed E-state index contributed by atoms with van der Waals surface area (Å²) in [6.07, 6.45) is 4.20. The number of carbonyl (C=O) groups excluding carboxylic acids is 1. The van der Waals surface area contributed by atoms with Crippen LogP contribution in [0.4, 0.5) is 0 Å². The van der Waals surface area contributed by atoms with Crippen molar-refractivity contribution in [3.05, 3.63) is 64.4 Å². The second-order valence-corrected chi connectivity index (χ2v) is 5.01. The SMILES string of the molecule is O=C1c2ccccc2CCN1Cc1ccncc1Cl. The normalized spacial score (nSPS) is 14.4. The fourth-order valence-corrected chi connectivity index (χ4v) is 2.54. The number of rotatable bonds is 2. The van der Waals surface area contributed by atoms with Crippen molar-refractivity contribution < 1.29 is 4.79 Å². The molecule has 0 saturated heterocycles. The molecule has 1 aromatic carbocycles. The third kappa shape index (κ3) is 2.34. The molecule has 2 aromatic rings. The number of aromatic nitrogens is 1. The molecule has 0 N–H and O–H groups in total. The van der Waals surface area contributed by atoms with Crippen LogP contribution < -0.4 is 0 Å². The van der Waals surface area contributed by atoms with Gasteiger partial charge in [-0.2, -0.15) is 0 Å². The highest BCUT2D eigenvalue weighted by Gasteiger charge is 2.24. The summed E-state index contributed by atoms with van der Waals surface area (Å²) in [5, 5.41) is 0.606. The van der Waals surface area contributed by atoms with E-state index in [2.05, 4.69) is 4.98 Å². The molecule has 3 rings (SSSR count). The Morgan fingerprint density at radius 1 is 1.26 bits per heavy atom. The zero-order chi connectivity index (χ0) is 13.2. The zero-order valence-electron chi connectivity index (χ0n) is 10.3. The molecule has 96 valence electrons. The molecule has 1 amide bonds. The lowest BCUT2D eigenvalue weighted by Gasteiger charge is -2.28. The van der Waals surface area contributed by atoms with Crippen molar-refractivity contribution in [2.45, 2.75) is 13.0 Å². The van der Waals surface area contributed by atoms with Crippen LogP contribution in [0.2, 0.25) is 5.02 Å².